The van der Waals surface area contributed by atoms with E-state index in [1.165, 1.54) is 6.07 Å². The largest absolute Gasteiger partial charge is 0.496 e. The van der Waals surface area contributed by atoms with Gasteiger partial charge in [0, 0.05) is 6.42 Å². The van der Waals surface area contributed by atoms with Gasteiger partial charge in [-0.2, -0.15) is 0 Å². The van der Waals surface area contributed by atoms with E-state index in [0.717, 1.165) is 5.56 Å². The first-order valence-electron chi connectivity index (χ1n) is 4.45. The molecule has 0 N–H and O–H groups in total. The number of aryl methyl sites for hydroxylation is 2. The van der Waals surface area contributed by atoms with Crippen molar-refractivity contribution in [2.24, 2.45) is 0 Å². The van der Waals surface area contributed by atoms with Gasteiger partial charge in [-0.05, 0) is 36.6 Å². The third-order valence-electron chi connectivity index (χ3n) is 2.10. The molecular formula is C12H13FO. The number of halogens is 1. The molecule has 0 aliphatic heterocycles. The molecule has 0 bridgehead atoms. The number of hydrogen-bond acceptors (Lipinski definition) is 1. The number of hydrogen-bond donors (Lipinski definition) is 0. The van der Waals surface area contributed by atoms with Crippen molar-refractivity contribution in [2.75, 3.05) is 7.11 Å². The molecule has 14 heavy (non-hydrogen) atoms. The predicted octanol–water partition coefficient (Wildman–Crippen LogP) is 2.71. The highest BCUT2D eigenvalue weighted by atomic mass is 19.1. The summed E-state index contributed by atoms with van der Waals surface area (Å²) in [6.45, 7) is 1.71. The Balaban J connectivity index is 3.02. The van der Waals surface area contributed by atoms with Crippen LogP contribution in [0.2, 0.25) is 0 Å². The van der Waals surface area contributed by atoms with Crippen molar-refractivity contribution in [2.45, 2.75) is 19.8 Å². The van der Waals surface area contributed by atoms with E-state index in [9.17, 15) is 4.39 Å². The second kappa shape index (κ2) is 4.66. The van der Waals surface area contributed by atoms with Gasteiger partial charge in [0.2, 0.25) is 0 Å². The molecule has 0 spiro atoms. The van der Waals surface area contributed by atoms with Crippen LogP contribution in [0.1, 0.15) is 17.5 Å². The zero-order valence-electron chi connectivity index (χ0n) is 8.43. The van der Waals surface area contributed by atoms with E-state index in [0.29, 0.717) is 24.2 Å². The molecule has 1 aromatic carbocycles. The second-order valence-electron chi connectivity index (χ2n) is 3.12. The summed E-state index contributed by atoms with van der Waals surface area (Å²) >= 11 is 0. The zero-order valence-corrected chi connectivity index (χ0v) is 8.43. The van der Waals surface area contributed by atoms with Crippen LogP contribution in [0.15, 0.2) is 12.1 Å². The molecule has 0 aromatic heterocycles. The van der Waals surface area contributed by atoms with Crippen molar-refractivity contribution in [3.05, 3.63) is 29.1 Å². The van der Waals surface area contributed by atoms with Gasteiger partial charge in [-0.3, -0.25) is 0 Å². The lowest BCUT2D eigenvalue weighted by atomic mass is 10.1. The van der Waals surface area contributed by atoms with E-state index in [1.807, 2.05) is 0 Å². The smallest absolute Gasteiger partial charge is 0.126 e. The van der Waals surface area contributed by atoms with E-state index < -0.39 is 0 Å². The zero-order chi connectivity index (χ0) is 10.6. The first-order valence-corrected chi connectivity index (χ1v) is 4.45. The number of ether oxygens (including phenoxy) is 1. The average Bonchev–Trinajstić information content (AvgIpc) is 2.19. The lowest BCUT2D eigenvalue weighted by molar-refractivity contribution is 0.408. The summed E-state index contributed by atoms with van der Waals surface area (Å²) < 4.78 is 18.4. The maximum Gasteiger partial charge on any atom is 0.126 e. The van der Waals surface area contributed by atoms with Crippen LogP contribution in [0.5, 0.6) is 5.75 Å². The molecule has 0 amide bonds. The summed E-state index contributed by atoms with van der Waals surface area (Å²) in [5, 5.41) is 0. The van der Waals surface area contributed by atoms with Crippen molar-refractivity contribution >= 4 is 0 Å². The standard InChI is InChI=1S/C12H13FO/c1-4-5-6-10-8-11(13)9(2)7-12(10)14-3/h1,7-8H,5-6H2,2-3H3. The van der Waals surface area contributed by atoms with E-state index in [-0.39, 0.29) is 5.82 Å². The van der Waals surface area contributed by atoms with Gasteiger partial charge in [-0.25, -0.2) is 4.39 Å². The van der Waals surface area contributed by atoms with Crippen molar-refractivity contribution in [1.82, 2.24) is 0 Å². The van der Waals surface area contributed by atoms with Crippen molar-refractivity contribution in [3.63, 3.8) is 0 Å². The van der Waals surface area contributed by atoms with Crippen LogP contribution in [0.25, 0.3) is 0 Å². The minimum absolute atomic E-state index is 0.210. The predicted molar refractivity (Wildman–Crippen MR) is 54.8 cm³/mol. The minimum atomic E-state index is -0.210. The van der Waals surface area contributed by atoms with E-state index in [4.69, 9.17) is 11.2 Å². The molecule has 0 saturated carbocycles. The number of rotatable bonds is 3. The number of terminal acetylenes is 1. The first kappa shape index (κ1) is 10.6. The average molecular weight is 192 g/mol. The van der Waals surface area contributed by atoms with Gasteiger partial charge >= 0.3 is 0 Å². The molecule has 1 rings (SSSR count). The Kier molecular flexibility index (Phi) is 3.53. The Morgan fingerprint density at radius 2 is 2.21 bits per heavy atom. The van der Waals surface area contributed by atoms with E-state index in [1.54, 1.807) is 20.1 Å². The Morgan fingerprint density at radius 1 is 1.50 bits per heavy atom. The van der Waals surface area contributed by atoms with Crippen LogP contribution in [-0.4, -0.2) is 7.11 Å². The van der Waals surface area contributed by atoms with Crippen LogP contribution in [-0.2, 0) is 6.42 Å². The minimum Gasteiger partial charge on any atom is -0.496 e. The lowest BCUT2D eigenvalue weighted by Crippen LogP contribution is -1.95. The molecule has 0 aliphatic carbocycles. The number of methoxy groups -OCH3 is 1. The summed E-state index contributed by atoms with van der Waals surface area (Å²) in [7, 11) is 1.58. The van der Waals surface area contributed by atoms with Crippen LogP contribution >= 0.6 is 0 Å². The molecule has 0 aliphatic rings. The third-order valence-corrected chi connectivity index (χ3v) is 2.10. The molecular weight excluding hydrogens is 179 g/mol. The van der Waals surface area contributed by atoms with Crippen LogP contribution in [0, 0.1) is 25.1 Å². The van der Waals surface area contributed by atoms with E-state index in [2.05, 4.69) is 5.92 Å². The SMILES string of the molecule is C#CCCc1cc(F)c(C)cc1OC. The fraction of sp³-hybridized carbons (Fsp3) is 0.333. The van der Waals surface area contributed by atoms with Crippen LogP contribution in [0.3, 0.4) is 0 Å². The molecule has 0 radical (unpaired) electrons. The van der Waals surface area contributed by atoms with Crippen LogP contribution < -0.4 is 4.74 Å². The molecule has 74 valence electrons. The summed E-state index contributed by atoms with van der Waals surface area (Å²) in [4.78, 5) is 0. The summed E-state index contributed by atoms with van der Waals surface area (Å²) in [5.74, 6) is 3.02. The van der Waals surface area contributed by atoms with Gasteiger partial charge in [-0.1, -0.05) is 0 Å². The Bertz CT molecular complexity index is 363. The topological polar surface area (TPSA) is 9.23 Å². The van der Waals surface area contributed by atoms with Crippen molar-refractivity contribution in [1.29, 1.82) is 0 Å². The second-order valence-corrected chi connectivity index (χ2v) is 3.12. The first-order chi connectivity index (χ1) is 6.69. The van der Waals surface area contributed by atoms with Gasteiger partial charge in [0.25, 0.3) is 0 Å². The van der Waals surface area contributed by atoms with Gasteiger partial charge in [-0.15, -0.1) is 12.3 Å². The summed E-state index contributed by atoms with van der Waals surface area (Å²) in [5.41, 5.74) is 1.42. The molecule has 0 atom stereocenters. The van der Waals surface area contributed by atoms with E-state index >= 15 is 0 Å². The monoisotopic (exact) mass is 192 g/mol. The highest BCUT2D eigenvalue weighted by Crippen LogP contribution is 2.23. The highest BCUT2D eigenvalue weighted by molar-refractivity contribution is 5.38. The Morgan fingerprint density at radius 3 is 2.79 bits per heavy atom. The lowest BCUT2D eigenvalue weighted by Gasteiger charge is -2.08. The molecule has 0 fully saturated rings. The van der Waals surface area contributed by atoms with Crippen LogP contribution in [0.4, 0.5) is 4.39 Å². The molecule has 0 unspecified atom stereocenters. The van der Waals surface area contributed by atoms with Gasteiger partial charge in [0.05, 0.1) is 7.11 Å². The van der Waals surface area contributed by atoms with Gasteiger partial charge in [0.1, 0.15) is 11.6 Å². The third kappa shape index (κ3) is 2.26. The Hall–Kier alpha value is -1.49. The Labute approximate surface area is 83.9 Å². The fourth-order valence-corrected chi connectivity index (χ4v) is 1.29. The molecule has 2 heteroatoms. The normalized spacial score (nSPS) is 9.57. The molecule has 1 aromatic rings. The molecule has 1 nitrogen and oxygen atoms in total. The van der Waals surface area contributed by atoms with Gasteiger partial charge < -0.3 is 4.74 Å². The fourth-order valence-electron chi connectivity index (χ4n) is 1.29. The quantitative estimate of drug-likeness (QED) is 0.669. The summed E-state index contributed by atoms with van der Waals surface area (Å²) in [6.07, 6.45) is 6.40. The maximum absolute atomic E-state index is 13.2. The van der Waals surface area contributed by atoms with Gasteiger partial charge in [0.15, 0.2) is 0 Å². The van der Waals surface area contributed by atoms with Crippen molar-refractivity contribution < 1.29 is 9.13 Å². The molecule has 0 saturated heterocycles. The maximum atomic E-state index is 13.2. The molecule has 0 heterocycles. The van der Waals surface area contributed by atoms with Crippen molar-refractivity contribution in [3.8, 4) is 18.1 Å². The number of benzene rings is 1. The highest BCUT2D eigenvalue weighted by Gasteiger charge is 2.06. The summed E-state index contributed by atoms with van der Waals surface area (Å²) in [6, 6.07) is 3.19.